The van der Waals surface area contributed by atoms with Gasteiger partial charge in [-0.05, 0) is 36.8 Å². The Morgan fingerprint density at radius 3 is 2.35 bits per heavy atom. The smallest absolute Gasteiger partial charge is 0.407 e. The molecule has 1 aliphatic carbocycles. The van der Waals surface area contributed by atoms with Crippen LogP contribution >= 0.6 is 11.9 Å². The van der Waals surface area contributed by atoms with Crippen LogP contribution in [0, 0.1) is 0 Å². The Labute approximate surface area is 196 Å². The summed E-state index contributed by atoms with van der Waals surface area (Å²) in [7, 11) is 1.39. The number of nitrogens with one attached hydrogen (secondary N) is 1. The summed E-state index contributed by atoms with van der Waals surface area (Å²) in [6, 6.07) is 8.97. The van der Waals surface area contributed by atoms with E-state index in [1.807, 2.05) is 0 Å². The number of hydrogen-bond donors (Lipinski definition) is 1. The topological polar surface area (TPSA) is 46.8 Å². The fraction of sp³-hybridized carbons (Fsp3) is 0.261. The number of rotatable bonds is 5. The van der Waals surface area contributed by atoms with Crippen molar-refractivity contribution < 1.29 is 35.0 Å². The highest BCUT2D eigenvalue weighted by molar-refractivity contribution is 6.07. The van der Waals surface area contributed by atoms with Crippen molar-refractivity contribution in [3.8, 4) is 11.3 Å². The quantitative estimate of drug-likeness (QED) is 0.223. The van der Waals surface area contributed by atoms with Crippen LogP contribution in [-0.2, 0) is 4.29 Å². The van der Waals surface area contributed by atoms with E-state index in [9.17, 15) is 26.3 Å². The number of fused-ring (bicyclic) bond motifs is 2. The zero-order valence-electron chi connectivity index (χ0n) is 18.1. The van der Waals surface area contributed by atoms with Crippen molar-refractivity contribution in [2.24, 2.45) is 4.99 Å². The van der Waals surface area contributed by atoms with Gasteiger partial charge in [-0.15, -0.1) is 0 Å². The monoisotopic (exact) mass is 506 g/mol. The zero-order valence-corrected chi connectivity index (χ0v) is 18.9. The van der Waals surface area contributed by atoms with Gasteiger partial charge in [-0.3, -0.25) is 9.28 Å². The van der Waals surface area contributed by atoms with Crippen LogP contribution in [0.25, 0.3) is 27.9 Å². The Kier molecular flexibility index (Phi) is 9.17. The van der Waals surface area contributed by atoms with Crippen molar-refractivity contribution in [1.29, 1.82) is 0 Å². The molecule has 0 atom stereocenters. The highest BCUT2D eigenvalue weighted by Gasteiger charge is 2.27. The van der Waals surface area contributed by atoms with Crippen molar-refractivity contribution in [3.05, 3.63) is 66.0 Å². The largest absolute Gasteiger partial charge is 0.456 e. The van der Waals surface area contributed by atoms with Gasteiger partial charge in [0.25, 0.3) is 0 Å². The summed E-state index contributed by atoms with van der Waals surface area (Å²) in [5.41, 5.74) is 2.52. The van der Waals surface area contributed by atoms with Crippen LogP contribution in [0.4, 0.5) is 32.0 Å². The Morgan fingerprint density at radius 1 is 1.12 bits per heavy atom. The molecule has 0 aromatic heterocycles. The molecule has 1 aromatic rings. The minimum absolute atomic E-state index is 0.0749. The summed E-state index contributed by atoms with van der Waals surface area (Å²) in [6.45, 7) is 3.03. The van der Waals surface area contributed by atoms with Gasteiger partial charge in [0.1, 0.15) is 24.4 Å². The van der Waals surface area contributed by atoms with Gasteiger partial charge in [0.05, 0.1) is 24.3 Å². The van der Waals surface area contributed by atoms with E-state index >= 15 is 0 Å². The lowest BCUT2D eigenvalue weighted by molar-refractivity contribution is -0.118. The molecule has 1 N–H and O–H groups in total. The molecule has 0 radical (unpaired) electrons. The SMILES string of the molecule is C=C/C(=C\C)c1c2ccc(=NCC(F)(F)F)cc-2oc2cc(NCC(F)(F)F)ccc12.COCl. The third kappa shape index (κ3) is 7.53. The Hall–Kier alpha value is -2.98. The van der Waals surface area contributed by atoms with E-state index in [2.05, 4.69) is 33.0 Å². The predicted octanol–water partition coefficient (Wildman–Crippen LogP) is 7.35. The van der Waals surface area contributed by atoms with Gasteiger partial charge in [0, 0.05) is 34.3 Å². The van der Waals surface area contributed by atoms with Crippen molar-refractivity contribution in [2.75, 3.05) is 25.5 Å². The summed E-state index contributed by atoms with van der Waals surface area (Å²) < 4.78 is 84.7. The highest BCUT2D eigenvalue weighted by atomic mass is 35.5. The van der Waals surface area contributed by atoms with Crippen LogP contribution in [0.15, 0.2) is 64.5 Å². The molecule has 184 valence electrons. The van der Waals surface area contributed by atoms with Gasteiger partial charge < -0.3 is 9.73 Å². The molecule has 2 aliphatic rings. The maximum atomic E-state index is 12.5. The van der Waals surface area contributed by atoms with E-state index < -0.39 is 25.4 Å². The van der Waals surface area contributed by atoms with Crippen molar-refractivity contribution in [3.63, 3.8) is 0 Å². The molecule has 0 spiro atoms. The van der Waals surface area contributed by atoms with E-state index in [4.69, 9.17) is 4.42 Å². The minimum Gasteiger partial charge on any atom is -0.456 e. The first-order chi connectivity index (χ1) is 15.9. The molecule has 0 bridgehead atoms. The van der Waals surface area contributed by atoms with Crippen LogP contribution in [-0.4, -0.2) is 32.6 Å². The first kappa shape index (κ1) is 27.3. The van der Waals surface area contributed by atoms with Crippen LogP contribution in [0.5, 0.6) is 0 Å². The van der Waals surface area contributed by atoms with E-state index in [0.29, 0.717) is 16.5 Å². The normalized spacial score (nSPS) is 13.1. The molecule has 0 fully saturated rings. The van der Waals surface area contributed by atoms with Crippen molar-refractivity contribution in [1.82, 2.24) is 0 Å². The molecule has 34 heavy (non-hydrogen) atoms. The Morgan fingerprint density at radius 2 is 1.79 bits per heavy atom. The van der Waals surface area contributed by atoms with E-state index in [0.717, 1.165) is 5.57 Å². The molecule has 4 nitrogen and oxygen atoms in total. The van der Waals surface area contributed by atoms with E-state index in [1.165, 1.54) is 31.4 Å². The number of benzene rings is 2. The van der Waals surface area contributed by atoms with Crippen LogP contribution in [0.3, 0.4) is 0 Å². The molecular formula is C23H21ClF6N2O2. The number of allylic oxidation sites excluding steroid dienone is 3. The van der Waals surface area contributed by atoms with Crippen LogP contribution in [0.1, 0.15) is 12.5 Å². The summed E-state index contributed by atoms with van der Waals surface area (Å²) in [5, 5.41) is 2.98. The maximum Gasteiger partial charge on any atom is 0.407 e. The van der Waals surface area contributed by atoms with Crippen molar-refractivity contribution >= 4 is 34.1 Å². The van der Waals surface area contributed by atoms with Gasteiger partial charge in [-0.2, -0.15) is 26.3 Å². The Bertz CT molecular complexity index is 1200. The van der Waals surface area contributed by atoms with Crippen molar-refractivity contribution in [2.45, 2.75) is 19.3 Å². The third-order valence-electron chi connectivity index (χ3n) is 4.46. The molecule has 0 amide bonds. The van der Waals surface area contributed by atoms with Crippen LogP contribution < -0.4 is 10.7 Å². The first-order valence-electron chi connectivity index (χ1n) is 9.74. The summed E-state index contributed by atoms with van der Waals surface area (Å²) in [4.78, 5) is 3.54. The molecule has 0 saturated heterocycles. The second-order valence-electron chi connectivity index (χ2n) is 6.87. The number of anilines is 1. The summed E-state index contributed by atoms with van der Waals surface area (Å²) in [5.74, 6) is 0.250. The number of halogens is 7. The average molecular weight is 507 g/mol. The molecule has 1 aromatic carbocycles. The lowest BCUT2D eigenvalue weighted by Gasteiger charge is -2.17. The highest BCUT2D eigenvalue weighted by Crippen LogP contribution is 2.38. The minimum atomic E-state index is -4.44. The zero-order chi connectivity index (χ0) is 25.5. The number of nitrogens with zero attached hydrogens (tertiary/aromatic N) is 1. The van der Waals surface area contributed by atoms with Gasteiger partial charge in [0.2, 0.25) is 0 Å². The van der Waals surface area contributed by atoms with E-state index in [-0.39, 0.29) is 22.4 Å². The van der Waals surface area contributed by atoms with Gasteiger partial charge in [-0.1, -0.05) is 18.7 Å². The molecule has 3 rings (SSSR count). The average Bonchev–Trinajstić information content (AvgIpc) is 2.75. The lowest BCUT2D eigenvalue weighted by atomic mass is 9.93. The predicted molar refractivity (Wildman–Crippen MR) is 121 cm³/mol. The molecule has 1 aliphatic heterocycles. The summed E-state index contributed by atoms with van der Waals surface area (Å²) >= 11 is 4.50. The fourth-order valence-electron chi connectivity index (χ4n) is 3.15. The molecule has 11 heteroatoms. The molecular weight excluding hydrogens is 486 g/mol. The second-order valence-corrected chi connectivity index (χ2v) is 7.18. The first-order valence-corrected chi connectivity index (χ1v) is 10.1. The standard InChI is InChI=1S/C22H18F6N2O.CH3ClO/c1-3-13(4-2)20-16-7-5-14(29-11-21(23,24)25)9-18(16)31-19-10-15(6-8-17(19)20)30-12-22(26,27)28;1-3-2/h3-10,29H,1,11-12H2,2H3;1H3/b13-4+,30-15?;. The lowest BCUT2D eigenvalue weighted by Crippen LogP contribution is -2.21. The molecule has 1 heterocycles. The number of alkyl halides is 6. The summed E-state index contributed by atoms with van der Waals surface area (Å²) in [6.07, 6.45) is -5.41. The molecule has 0 unspecified atom stereocenters. The Balaban J connectivity index is 0.00000129. The second kappa shape index (κ2) is 11.4. The maximum absolute atomic E-state index is 12.5. The number of hydrogen-bond acceptors (Lipinski definition) is 4. The molecule has 0 saturated carbocycles. The van der Waals surface area contributed by atoms with Crippen LogP contribution in [0.2, 0.25) is 0 Å². The van der Waals surface area contributed by atoms with Gasteiger partial charge >= 0.3 is 12.4 Å². The van der Waals surface area contributed by atoms with Gasteiger partial charge in [-0.25, -0.2) is 0 Å². The van der Waals surface area contributed by atoms with Gasteiger partial charge in [0.15, 0.2) is 0 Å². The third-order valence-corrected chi connectivity index (χ3v) is 4.46. The fourth-order valence-corrected chi connectivity index (χ4v) is 3.15. The van der Waals surface area contributed by atoms with E-state index in [1.54, 1.807) is 31.2 Å².